The Kier molecular flexibility index (Phi) is 9.65. The molecule has 0 radical (unpaired) electrons. The van der Waals surface area contributed by atoms with Crippen molar-refractivity contribution < 1.29 is 13.5 Å². The number of hydrogen-bond donors (Lipinski definition) is 0. The molecule has 1 aromatic rings. The number of nitrogens with zero attached hydrogens (tertiary/aromatic N) is 4. The molecule has 7 heteroatoms. The summed E-state index contributed by atoms with van der Waals surface area (Å²) < 4.78 is 31.9. The lowest BCUT2D eigenvalue weighted by Crippen LogP contribution is -2.35. The highest BCUT2D eigenvalue weighted by atomic mass is 19.3. The molecule has 144 valence electrons. The SMILES string of the molecule is C=CN=C(/C=C(\C)N1CCOCC1)c1cnc(C)nc1C(F)F.CCC. The van der Waals surface area contributed by atoms with E-state index in [0.717, 1.165) is 18.8 Å². The Morgan fingerprint density at radius 3 is 2.54 bits per heavy atom. The lowest BCUT2D eigenvalue weighted by molar-refractivity contribution is 0.0538. The fourth-order valence-electron chi connectivity index (χ4n) is 2.34. The molecule has 0 bridgehead atoms. The molecule has 1 aliphatic rings. The Morgan fingerprint density at radius 2 is 2.00 bits per heavy atom. The van der Waals surface area contributed by atoms with E-state index < -0.39 is 6.43 Å². The molecule has 1 aromatic heterocycles. The van der Waals surface area contributed by atoms with Gasteiger partial charge in [-0.1, -0.05) is 26.8 Å². The molecule has 0 spiro atoms. The van der Waals surface area contributed by atoms with Gasteiger partial charge in [0, 0.05) is 36.7 Å². The summed E-state index contributed by atoms with van der Waals surface area (Å²) >= 11 is 0. The quantitative estimate of drug-likeness (QED) is 0.729. The molecule has 0 amide bonds. The third-order valence-corrected chi connectivity index (χ3v) is 3.51. The van der Waals surface area contributed by atoms with Crippen LogP contribution in [0.15, 0.2) is 35.7 Å². The minimum absolute atomic E-state index is 0.220. The molecular formula is C19H28F2N4O. The monoisotopic (exact) mass is 366 g/mol. The van der Waals surface area contributed by atoms with Gasteiger partial charge in [-0.2, -0.15) is 0 Å². The van der Waals surface area contributed by atoms with E-state index in [1.165, 1.54) is 18.8 Å². The maximum absolute atomic E-state index is 13.3. The van der Waals surface area contributed by atoms with E-state index in [1.54, 1.807) is 13.0 Å². The molecule has 2 heterocycles. The van der Waals surface area contributed by atoms with Gasteiger partial charge in [0.05, 0.1) is 18.9 Å². The molecule has 2 rings (SSSR count). The van der Waals surface area contributed by atoms with Gasteiger partial charge in [0.2, 0.25) is 0 Å². The van der Waals surface area contributed by atoms with Gasteiger partial charge in [0.15, 0.2) is 0 Å². The minimum Gasteiger partial charge on any atom is -0.378 e. The highest BCUT2D eigenvalue weighted by Crippen LogP contribution is 2.22. The highest BCUT2D eigenvalue weighted by molar-refractivity contribution is 6.09. The average Bonchev–Trinajstić information content (AvgIpc) is 2.62. The zero-order valence-electron chi connectivity index (χ0n) is 16.0. The second-order valence-electron chi connectivity index (χ2n) is 5.81. The highest BCUT2D eigenvalue weighted by Gasteiger charge is 2.19. The Morgan fingerprint density at radius 1 is 1.38 bits per heavy atom. The number of aryl methyl sites for hydroxylation is 1. The van der Waals surface area contributed by atoms with E-state index in [9.17, 15) is 8.78 Å². The molecule has 1 saturated heterocycles. The summed E-state index contributed by atoms with van der Waals surface area (Å²) in [4.78, 5) is 14.1. The van der Waals surface area contributed by atoms with Crippen LogP contribution in [0, 0.1) is 6.92 Å². The van der Waals surface area contributed by atoms with Crippen LogP contribution in [-0.4, -0.2) is 46.9 Å². The van der Waals surface area contributed by atoms with Gasteiger partial charge in [0.1, 0.15) is 11.5 Å². The van der Waals surface area contributed by atoms with E-state index in [-0.39, 0.29) is 11.3 Å². The molecule has 0 aromatic carbocycles. The van der Waals surface area contributed by atoms with Crippen molar-refractivity contribution in [3.8, 4) is 0 Å². The van der Waals surface area contributed by atoms with E-state index in [1.807, 2.05) is 6.92 Å². The Hall–Kier alpha value is -2.15. The largest absolute Gasteiger partial charge is 0.378 e. The molecule has 0 N–H and O–H groups in total. The van der Waals surface area contributed by atoms with Crippen molar-refractivity contribution in [3.05, 3.63) is 47.8 Å². The van der Waals surface area contributed by atoms with Crippen LogP contribution in [0.1, 0.15) is 50.7 Å². The van der Waals surface area contributed by atoms with Gasteiger partial charge in [-0.15, -0.1) is 0 Å². The summed E-state index contributed by atoms with van der Waals surface area (Å²) in [5.74, 6) is 0.302. The molecule has 1 aliphatic heterocycles. The van der Waals surface area contributed by atoms with Crippen molar-refractivity contribution in [2.75, 3.05) is 26.3 Å². The van der Waals surface area contributed by atoms with E-state index in [4.69, 9.17) is 4.74 Å². The number of allylic oxidation sites excluding steroid dienone is 2. The molecule has 1 fully saturated rings. The fraction of sp³-hybridized carbons (Fsp3) is 0.526. The summed E-state index contributed by atoms with van der Waals surface area (Å²) in [7, 11) is 0. The fourth-order valence-corrected chi connectivity index (χ4v) is 2.34. The van der Waals surface area contributed by atoms with Crippen molar-refractivity contribution in [3.63, 3.8) is 0 Å². The third-order valence-electron chi connectivity index (χ3n) is 3.51. The molecule has 0 unspecified atom stereocenters. The first-order valence-corrected chi connectivity index (χ1v) is 8.76. The number of rotatable bonds is 5. The summed E-state index contributed by atoms with van der Waals surface area (Å²) in [6, 6.07) is 0. The standard InChI is InChI=1S/C16H20F2N4O.C3H8/c1-4-19-14(9-11(2)22-5-7-23-8-6-22)13-10-20-12(3)21-15(13)16(17)18;1-3-2/h4,9-10,16H,1,5-8H2,2-3H3;3H2,1-2H3/b11-9+,19-14?;. The Balaban J connectivity index is 0.00000105. The van der Waals surface area contributed by atoms with Crippen LogP contribution in [0.2, 0.25) is 0 Å². The van der Waals surface area contributed by atoms with E-state index in [0.29, 0.717) is 24.7 Å². The van der Waals surface area contributed by atoms with E-state index in [2.05, 4.69) is 40.3 Å². The number of halogens is 2. The summed E-state index contributed by atoms with van der Waals surface area (Å²) in [6.07, 6.45) is 3.02. The first-order chi connectivity index (χ1) is 12.4. The van der Waals surface area contributed by atoms with Crippen LogP contribution in [0.25, 0.3) is 0 Å². The number of alkyl halides is 2. The minimum atomic E-state index is -2.70. The Labute approximate surface area is 154 Å². The number of morpholine rings is 1. The second-order valence-corrected chi connectivity index (χ2v) is 5.81. The van der Waals surface area contributed by atoms with Crippen LogP contribution in [0.5, 0.6) is 0 Å². The van der Waals surface area contributed by atoms with Gasteiger partial charge in [0.25, 0.3) is 6.43 Å². The average molecular weight is 366 g/mol. The molecule has 0 saturated carbocycles. The van der Waals surface area contributed by atoms with Crippen molar-refractivity contribution in [2.24, 2.45) is 4.99 Å². The van der Waals surface area contributed by atoms with Crippen LogP contribution >= 0.6 is 0 Å². The topological polar surface area (TPSA) is 50.6 Å². The number of aliphatic imine (C=N–C) groups is 1. The zero-order chi connectivity index (χ0) is 19.5. The maximum atomic E-state index is 13.3. The third kappa shape index (κ3) is 6.63. The summed E-state index contributed by atoms with van der Waals surface area (Å²) in [5, 5.41) is 0. The predicted octanol–water partition coefficient (Wildman–Crippen LogP) is 4.31. The van der Waals surface area contributed by atoms with Crippen molar-refractivity contribution in [2.45, 2.75) is 40.5 Å². The summed E-state index contributed by atoms with van der Waals surface area (Å²) in [5.41, 5.74) is 1.20. The number of ether oxygens (including phenoxy) is 1. The zero-order valence-corrected chi connectivity index (χ0v) is 16.0. The number of hydrogen-bond acceptors (Lipinski definition) is 5. The van der Waals surface area contributed by atoms with Crippen molar-refractivity contribution in [1.82, 2.24) is 14.9 Å². The van der Waals surface area contributed by atoms with Crippen LogP contribution in [0.4, 0.5) is 8.78 Å². The Bertz CT molecular complexity index is 638. The smallest absolute Gasteiger partial charge is 0.281 e. The van der Waals surface area contributed by atoms with Crippen molar-refractivity contribution in [1.29, 1.82) is 0 Å². The molecule has 26 heavy (non-hydrogen) atoms. The van der Waals surface area contributed by atoms with E-state index >= 15 is 0 Å². The van der Waals surface area contributed by atoms with Gasteiger partial charge in [-0.05, 0) is 19.9 Å². The normalized spacial score (nSPS) is 15.6. The van der Waals surface area contributed by atoms with Crippen LogP contribution < -0.4 is 0 Å². The maximum Gasteiger partial charge on any atom is 0.281 e. The lowest BCUT2D eigenvalue weighted by atomic mass is 10.1. The van der Waals surface area contributed by atoms with Gasteiger partial charge < -0.3 is 9.64 Å². The van der Waals surface area contributed by atoms with Gasteiger partial charge in [-0.3, -0.25) is 4.99 Å². The molecular weight excluding hydrogens is 338 g/mol. The molecule has 5 nitrogen and oxygen atoms in total. The number of aromatic nitrogens is 2. The summed E-state index contributed by atoms with van der Waals surface area (Å²) in [6.45, 7) is 14.1. The lowest BCUT2D eigenvalue weighted by Gasteiger charge is -2.29. The first-order valence-electron chi connectivity index (χ1n) is 8.76. The molecule has 0 aliphatic carbocycles. The van der Waals surface area contributed by atoms with Gasteiger partial charge >= 0.3 is 0 Å². The van der Waals surface area contributed by atoms with Crippen LogP contribution in [-0.2, 0) is 4.74 Å². The van der Waals surface area contributed by atoms with Crippen molar-refractivity contribution >= 4 is 5.71 Å². The molecule has 0 atom stereocenters. The predicted molar refractivity (Wildman–Crippen MR) is 101 cm³/mol. The first kappa shape index (κ1) is 21.9. The van der Waals surface area contributed by atoms with Crippen LogP contribution in [0.3, 0.4) is 0 Å². The van der Waals surface area contributed by atoms with Gasteiger partial charge in [-0.25, -0.2) is 18.7 Å². The second kappa shape index (κ2) is 11.5.